The minimum atomic E-state index is -0.718. The summed E-state index contributed by atoms with van der Waals surface area (Å²) < 4.78 is 4.56. The predicted molar refractivity (Wildman–Crippen MR) is 76.1 cm³/mol. The molecule has 0 spiro atoms. The fourth-order valence-electron chi connectivity index (χ4n) is 1.62. The molecular weight excluding hydrogens is 256 g/mol. The SMILES string of the molecule is COC(=O)C(C)NC(=O)c1ccc(C)cc1C#CCN. The number of hydrogen-bond acceptors (Lipinski definition) is 4. The number of nitrogens with one attached hydrogen (secondary N) is 1. The van der Waals surface area contributed by atoms with E-state index in [9.17, 15) is 9.59 Å². The number of rotatable bonds is 3. The van der Waals surface area contributed by atoms with Crippen LogP contribution in [-0.4, -0.2) is 31.6 Å². The number of benzene rings is 1. The average Bonchev–Trinajstić information content (AvgIpc) is 2.43. The van der Waals surface area contributed by atoms with Gasteiger partial charge < -0.3 is 15.8 Å². The monoisotopic (exact) mass is 274 g/mol. The number of methoxy groups -OCH3 is 1. The van der Waals surface area contributed by atoms with Crippen molar-refractivity contribution in [3.63, 3.8) is 0 Å². The Balaban J connectivity index is 3.00. The maximum Gasteiger partial charge on any atom is 0.328 e. The molecular formula is C15H18N2O3. The summed E-state index contributed by atoms with van der Waals surface area (Å²) in [5, 5.41) is 2.57. The highest BCUT2D eigenvalue weighted by Crippen LogP contribution is 2.11. The van der Waals surface area contributed by atoms with E-state index in [1.807, 2.05) is 13.0 Å². The maximum atomic E-state index is 12.2. The van der Waals surface area contributed by atoms with Crippen LogP contribution in [0.5, 0.6) is 0 Å². The van der Waals surface area contributed by atoms with E-state index in [2.05, 4.69) is 21.9 Å². The number of hydrogen-bond donors (Lipinski definition) is 2. The van der Waals surface area contributed by atoms with E-state index < -0.39 is 12.0 Å². The number of esters is 1. The second-order valence-electron chi connectivity index (χ2n) is 4.27. The zero-order valence-corrected chi connectivity index (χ0v) is 11.8. The molecule has 20 heavy (non-hydrogen) atoms. The fraction of sp³-hybridized carbons (Fsp3) is 0.333. The van der Waals surface area contributed by atoms with Gasteiger partial charge in [-0.25, -0.2) is 4.79 Å². The molecule has 0 radical (unpaired) electrons. The van der Waals surface area contributed by atoms with E-state index in [0.29, 0.717) is 11.1 Å². The standard InChI is InChI=1S/C15H18N2O3/c1-10-6-7-13(12(9-10)5-4-8-16)14(18)17-11(2)15(19)20-3/h6-7,9,11H,8,16H2,1-3H3,(H,17,18). The first-order chi connectivity index (χ1) is 9.49. The molecule has 0 heterocycles. The van der Waals surface area contributed by atoms with Gasteiger partial charge in [-0.2, -0.15) is 0 Å². The smallest absolute Gasteiger partial charge is 0.328 e. The number of aryl methyl sites for hydroxylation is 1. The Labute approximate surface area is 118 Å². The number of nitrogens with two attached hydrogens (primary N) is 1. The molecule has 1 aromatic rings. The zero-order chi connectivity index (χ0) is 15.1. The van der Waals surface area contributed by atoms with Crippen LogP contribution in [0, 0.1) is 18.8 Å². The molecule has 1 aromatic carbocycles. The van der Waals surface area contributed by atoms with Crippen LogP contribution in [0.15, 0.2) is 18.2 Å². The van der Waals surface area contributed by atoms with Crippen molar-refractivity contribution in [2.75, 3.05) is 13.7 Å². The first-order valence-electron chi connectivity index (χ1n) is 6.18. The molecule has 0 saturated heterocycles. The molecule has 5 nitrogen and oxygen atoms in total. The van der Waals surface area contributed by atoms with Crippen LogP contribution in [0.25, 0.3) is 0 Å². The first-order valence-corrected chi connectivity index (χ1v) is 6.18. The lowest BCUT2D eigenvalue weighted by molar-refractivity contribution is -0.142. The summed E-state index contributed by atoms with van der Waals surface area (Å²) in [5.74, 6) is 4.71. The Bertz CT molecular complexity index is 570. The summed E-state index contributed by atoms with van der Waals surface area (Å²) in [6.07, 6.45) is 0. The summed E-state index contributed by atoms with van der Waals surface area (Å²) in [4.78, 5) is 23.5. The highest BCUT2D eigenvalue weighted by Gasteiger charge is 2.18. The van der Waals surface area contributed by atoms with Crippen LogP contribution in [0.1, 0.15) is 28.4 Å². The lowest BCUT2D eigenvalue weighted by Crippen LogP contribution is -2.39. The summed E-state index contributed by atoms with van der Waals surface area (Å²) in [6.45, 7) is 3.68. The predicted octanol–water partition coefficient (Wildman–Crippen LogP) is 0.597. The largest absolute Gasteiger partial charge is 0.467 e. The number of carbonyl (C=O) groups is 2. The third-order valence-electron chi connectivity index (χ3n) is 2.65. The molecule has 1 atom stereocenters. The molecule has 106 valence electrons. The van der Waals surface area contributed by atoms with Crippen molar-refractivity contribution in [3.05, 3.63) is 34.9 Å². The molecule has 0 fully saturated rings. The molecule has 1 unspecified atom stereocenters. The van der Waals surface area contributed by atoms with Gasteiger partial charge in [-0.1, -0.05) is 17.9 Å². The second-order valence-corrected chi connectivity index (χ2v) is 4.27. The van der Waals surface area contributed by atoms with Crippen molar-refractivity contribution < 1.29 is 14.3 Å². The molecule has 1 rings (SSSR count). The van der Waals surface area contributed by atoms with Crippen LogP contribution < -0.4 is 11.1 Å². The van der Waals surface area contributed by atoms with Gasteiger partial charge >= 0.3 is 5.97 Å². The van der Waals surface area contributed by atoms with Gasteiger partial charge in [0.15, 0.2) is 0 Å². The zero-order valence-electron chi connectivity index (χ0n) is 11.8. The Hall–Kier alpha value is -2.32. The van der Waals surface area contributed by atoms with Gasteiger partial charge in [0.25, 0.3) is 5.91 Å². The minimum Gasteiger partial charge on any atom is -0.467 e. The molecule has 0 aliphatic carbocycles. The molecule has 0 aliphatic heterocycles. The van der Waals surface area contributed by atoms with Gasteiger partial charge in [-0.05, 0) is 31.5 Å². The van der Waals surface area contributed by atoms with Crippen LogP contribution in [0.4, 0.5) is 0 Å². The Morgan fingerprint density at radius 2 is 2.15 bits per heavy atom. The van der Waals surface area contributed by atoms with Crippen molar-refractivity contribution >= 4 is 11.9 Å². The van der Waals surface area contributed by atoms with E-state index in [1.165, 1.54) is 7.11 Å². The van der Waals surface area contributed by atoms with Crippen molar-refractivity contribution in [2.45, 2.75) is 19.9 Å². The van der Waals surface area contributed by atoms with Crippen molar-refractivity contribution in [1.82, 2.24) is 5.32 Å². The van der Waals surface area contributed by atoms with Gasteiger partial charge in [0.05, 0.1) is 19.2 Å². The van der Waals surface area contributed by atoms with Crippen LogP contribution in [0.3, 0.4) is 0 Å². The van der Waals surface area contributed by atoms with E-state index in [0.717, 1.165) is 5.56 Å². The summed E-state index contributed by atoms with van der Waals surface area (Å²) in [6, 6.07) is 4.57. The van der Waals surface area contributed by atoms with Crippen molar-refractivity contribution in [1.29, 1.82) is 0 Å². The van der Waals surface area contributed by atoms with Crippen LogP contribution in [0.2, 0.25) is 0 Å². The van der Waals surface area contributed by atoms with Gasteiger partial charge in [0.2, 0.25) is 0 Å². The third-order valence-corrected chi connectivity index (χ3v) is 2.65. The van der Waals surface area contributed by atoms with E-state index >= 15 is 0 Å². The topological polar surface area (TPSA) is 81.4 Å². The van der Waals surface area contributed by atoms with Gasteiger partial charge in [-0.3, -0.25) is 4.79 Å². The first kappa shape index (κ1) is 15.7. The quantitative estimate of drug-likeness (QED) is 0.624. The number of ether oxygens (including phenoxy) is 1. The highest BCUT2D eigenvalue weighted by atomic mass is 16.5. The molecule has 3 N–H and O–H groups in total. The van der Waals surface area contributed by atoms with Gasteiger partial charge in [0, 0.05) is 5.56 Å². The second kappa shape index (κ2) is 7.31. The fourth-order valence-corrected chi connectivity index (χ4v) is 1.62. The molecule has 1 amide bonds. The van der Waals surface area contributed by atoms with Gasteiger partial charge in [-0.15, -0.1) is 0 Å². The average molecular weight is 274 g/mol. The summed E-state index contributed by atoms with van der Waals surface area (Å²) in [5.41, 5.74) is 7.33. The Kier molecular flexibility index (Phi) is 5.75. The minimum absolute atomic E-state index is 0.216. The van der Waals surface area contributed by atoms with Gasteiger partial charge in [0.1, 0.15) is 6.04 Å². The number of amides is 1. The van der Waals surface area contributed by atoms with E-state index in [-0.39, 0.29) is 12.5 Å². The van der Waals surface area contributed by atoms with Crippen LogP contribution >= 0.6 is 0 Å². The Morgan fingerprint density at radius 1 is 1.45 bits per heavy atom. The molecule has 0 saturated carbocycles. The van der Waals surface area contributed by atoms with Crippen molar-refractivity contribution in [3.8, 4) is 11.8 Å². The third kappa shape index (κ3) is 4.11. The molecule has 5 heteroatoms. The maximum absolute atomic E-state index is 12.2. The van der Waals surface area contributed by atoms with E-state index in [4.69, 9.17) is 5.73 Å². The summed E-state index contributed by atoms with van der Waals surface area (Å²) >= 11 is 0. The summed E-state index contributed by atoms with van der Waals surface area (Å²) in [7, 11) is 1.27. The Morgan fingerprint density at radius 3 is 2.75 bits per heavy atom. The molecule has 0 aromatic heterocycles. The van der Waals surface area contributed by atoms with Crippen molar-refractivity contribution in [2.24, 2.45) is 5.73 Å². The van der Waals surface area contributed by atoms with E-state index in [1.54, 1.807) is 19.1 Å². The molecule has 0 aliphatic rings. The molecule has 0 bridgehead atoms. The number of carbonyl (C=O) groups excluding carboxylic acids is 2. The lowest BCUT2D eigenvalue weighted by Gasteiger charge is -2.12. The highest BCUT2D eigenvalue weighted by molar-refractivity contribution is 5.98. The normalized spacial score (nSPS) is 11.0. The lowest BCUT2D eigenvalue weighted by atomic mass is 10.0. The van der Waals surface area contributed by atoms with Crippen LogP contribution in [-0.2, 0) is 9.53 Å².